The van der Waals surface area contributed by atoms with E-state index in [2.05, 4.69) is 6.58 Å². The highest BCUT2D eigenvalue weighted by atomic mass is 16.5. The van der Waals surface area contributed by atoms with Crippen LogP contribution >= 0.6 is 0 Å². The van der Waals surface area contributed by atoms with Crippen LogP contribution in [0.25, 0.3) is 6.08 Å². The Bertz CT molecular complexity index is 645. The molecule has 2 aromatic rings. The summed E-state index contributed by atoms with van der Waals surface area (Å²) in [7, 11) is 1.62. The molecule has 3 nitrogen and oxygen atoms in total. The lowest BCUT2D eigenvalue weighted by Crippen LogP contribution is -2.00. The van der Waals surface area contributed by atoms with Gasteiger partial charge in [0.1, 0.15) is 12.4 Å². The van der Waals surface area contributed by atoms with Crippen molar-refractivity contribution in [2.45, 2.75) is 13.5 Å². The molecular formula is C19H20O3. The maximum absolute atomic E-state index is 5.99. The van der Waals surface area contributed by atoms with Crippen molar-refractivity contribution >= 4 is 6.08 Å². The van der Waals surface area contributed by atoms with Crippen LogP contribution < -0.4 is 14.2 Å². The number of ether oxygens (including phenoxy) is 3. The first kappa shape index (κ1) is 15.7. The van der Waals surface area contributed by atoms with Gasteiger partial charge in [-0.2, -0.15) is 0 Å². The Balaban J connectivity index is 2.37. The van der Waals surface area contributed by atoms with E-state index in [1.165, 1.54) is 6.26 Å². The summed E-state index contributed by atoms with van der Waals surface area (Å²) in [5, 5.41) is 0. The molecule has 0 aliphatic heterocycles. The van der Waals surface area contributed by atoms with E-state index in [4.69, 9.17) is 14.2 Å². The quantitative estimate of drug-likeness (QED) is 0.685. The molecule has 22 heavy (non-hydrogen) atoms. The lowest BCUT2D eigenvalue weighted by Gasteiger charge is -2.16. The van der Waals surface area contributed by atoms with Gasteiger partial charge in [0.25, 0.3) is 0 Å². The van der Waals surface area contributed by atoms with Crippen LogP contribution in [0.1, 0.15) is 18.1 Å². The maximum Gasteiger partial charge on any atom is 0.172 e. The van der Waals surface area contributed by atoms with Gasteiger partial charge in [0, 0.05) is 0 Å². The smallest absolute Gasteiger partial charge is 0.172 e. The highest BCUT2D eigenvalue weighted by Gasteiger charge is 2.14. The molecule has 0 bridgehead atoms. The molecule has 0 saturated heterocycles. The molecule has 0 aliphatic rings. The van der Waals surface area contributed by atoms with Gasteiger partial charge in [0.05, 0.1) is 18.9 Å². The normalized spacial score (nSPS) is 10.5. The van der Waals surface area contributed by atoms with Crippen LogP contribution in [0.5, 0.6) is 17.2 Å². The third-order valence-electron chi connectivity index (χ3n) is 3.11. The van der Waals surface area contributed by atoms with Gasteiger partial charge in [0.2, 0.25) is 0 Å². The summed E-state index contributed by atoms with van der Waals surface area (Å²) >= 11 is 0. The monoisotopic (exact) mass is 296 g/mol. The SMILES string of the molecule is C=COc1ccc(OC)c(OCc2ccccc2)c1/C=C/C. The lowest BCUT2D eigenvalue weighted by molar-refractivity contribution is 0.282. The Kier molecular flexibility index (Phi) is 5.66. The second kappa shape index (κ2) is 7.93. The minimum atomic E-state index is 0.458. The average Bonchev–Trinajstić information content (AvgIpc) is 2.56. The minimum absolute atomic E-state index is 0.458. The van der Waals surface area contributed by atoms with Crippen LogP contribution in [0.2, 0.25) is 0 Å². The second-order valence-electron chi connectivity index (χ2n) is 4.57. The molecule has 114 valence electrons. The van der Waals surface area contributed by atoms with E-state index in [0.29, 0.717) is 23.9 Å². The predicted octanol–water partition coefficient (Wildman–Crippen LogP) is 4.83. The summed E-state index contributed by atoms with van der Waals surface area (Å²) in [6.07, 6.45) is 5.26. The zero-order chi connectivity index (χ0) is 15.8. The predicted molar refractivity (Wildman–Crippen MR) is 89.3 cm³/mol. The number of hydrogen-bond acceptors (Lipinski definition) is 3. The van der Waals surface area contributed by atoms with E-state index < -0.39 is 0 Å². The lowest BCUT2D eigenvalue weighted by atomic mass is 10.1. The Morgan fingerprint density at radius 3 is 2.41 bits per heavy atom. The van der Waals surface area contributed by atoms with E-state index in [0.717, 1.165) is 11.1 Å². The van der Waals surface area contributed by atoms with Gasteiger partial charge in [-0.3, -0.25) is 0 Å². The van der Waals surface area contributed by atoms with Gasteiger partial charge in [-0.25, -0.2) is 0 Å². The van der Waals surface area contributed by atoms with E-state index in [1.807, 2.05) is 61.5 Å². The molecular weight excluding hydrogens is 276 g/mol. The molecule has 0 aromatic heterocycles. The third-order valence-corrected chi connectivity index (χ3v) is 3.11. The van der Waals surface area contributed by atoms with Crippen LogP contribution in [0.15, 0.2) is 61.4 Å². The molecule has 0 heterocycles. The second-order valence-corrected chi connectivity index (χ2v) is 4.57. The van der Waals surface area contributed by atoms with Gasteiger partial charge in [-0.05, 0) is 24.6 Å². The first-order valence-corrected chi connectivity index (χ1v) is 7.08. The van der Waals surface area contributed by atoms with E-state index in [-0.39, 0.29) is 0 Å². The Labute approximate surface area is 131 Å². The molecule has 0 amide bonds. The van der Waals surface area contributed by atoms with Crippen molar-refractivity contribution in [1.29, 1.82) is 0 Å². The van der Waals surface area contributed by atoms with Crippen LogP contribution in [0.3, 0.4) is 0 Å². The Hall–Kier alpha value is -2.68. The van der Waals surface area contributed by atoms with Crippen LogP contribution in [0, 0.1) is 0 Å². The summed E-state index contributed by atoms with van der Waals surface area (Å²) < 4.78 is 16.9. The molecule has 0 radical (unpaired) electrons. The summed E-state index contributed by atoms with van der Waals surface area (Å²) in [4.78, 5) is 0. The van der Waals surface area contributed by atoms with Crippen molar-refractivity contribution in [3.05, 3.63) is 72.5 Å². The van der Waals surface area contributed by atoms with Crippen molar-refractivity contribution in [1.82, 2.24) is 0 Å². The van der Waals surface area contributed by atoms with E-state index in [9.17, 15) is 0 Å². The van der Waals surface area contributed by atoms with Gasteiger partial charge in [0.15, 0.2) is 11.5 Å². The van der Waals surface area contributed by atoms with Crippen molar-refractivity contribution in [2.75, 3.05) is 7.11 Å². The molecule has 2 aromatic carbocycles. The first-order valence-electron chi connectivity index (χ1n) is 7.08. The Morgan fingerprint density at radius 1 is 1.05 bits per heavy atom. The minimum Gasteiger partial charge on any atom is -0.493 e. The van der Waals surface area contributed by atoms with Crippen molar-refractivity contribution in [3.63, 3.8) is 0 Å². The largest absolute Gasteiger partial charge is 0.493 e. The molecule has 0 fully saturated rings. The van der Waals surface area contributed by atoms with Crippen molar-refractivity contribution in [2.24, 2.45) is 0 Å². The zero-order valence-electron chi connectivity index (χ0n) is 12.9. The molecule has 0 unspecified atom stereocenters. The third kappa shape index (κ3) is 3.70. The number of hydrogen-bond donors (Lipinski definition) is 0. The summed E-state index contributed by atoms with van der Waals surface area (Å²) in [5.41, 5.74) is 1.92. The maximum atomic E-state index is 5.99. The highest BCUT2D eigenvalue weighted by Crippen LogP contribution is 2.39. The van der Waals surface area contributed by atoms with Gasteiger partial charge in [-0.1, -0.05) is 49.1 Å². The number of benzene rings is 2. The highest BCUT2D eigenvalue weighted by molar-refractivity contribution is 5.68. The number of allylic oxidation sites excluding steroid dienone is 1. The molecule has 0 spiro atoms. The molecule has 0 aliphatic carbocycles. The van der Waals surface area contributed by atoms with Gasteiger partial charge in [-0.15, -0.1) is 0 Å². The van der Waals surface area contributed by atoms with E-state index >= 15 is 0 Å². The van der Waals surface area contributed by atoms with Crippen molar-refractivity contribution in [3.8, 4) is 17.2 Å². The summed E-state index contributed by atoms with van der Waals surface area (Å²) in [5.74, 6) is 2.00. The fraction of sp³-hybridized carbons (Fsp3) is 0.158. The molecule has 0 saturated carbocycles. The molecule has 0 N–H and O–H groups in total. The van der Waals surface area contributed by atoms with Gasteiger partial charge < -0.3 is 14.2 Å². The molecule has 2 rings (SSSR count). The average molecular weight is 296 g/mol. The standard InChI is InChI=1S/C19H20O3/c1-4-9-16-17(21-5-2)12-13-18(20-3)19(16)22-14-15-10-7-6-8-11-15/h4-13H,2,14H2,1,3H3/b9-4+. The summed E-state index contributed by atoms with van der Waals surface area (Å²) in [6, 6.07) is 13.7. The topological polar surface area (TPSA) is 27.7 Å². The number of rotatable bonds is 7. The van der Waals surface area contributed by atoms with Crippen LogP contribution in [-0.4, -0.2) is 7.11 Å². The van der Waals surface area contributed by atoms with Gasteiger partial charge >= 0.3 is 0 Å². The van der Waals surface area contributed by atoms with Crippen LogP contribution in [-0.2, 0) is 6.61 Å². The Morgan fingerprint density at radius 2 is 1.77 bits per heavy atom. The van der Waals surface area contributed by atoms with Crippen LogP contribution in [0.4, 0.5) is 0 Å². The van der Waals surface area contributed by atoms with Crippen molar-refractivity contribution < 1.29 is 14.2 Å². The zero-order valence-corrected chi connectivity index (χ0v) is 12.9. The molecule has 3 heteroatoms. The fourth-order valence-corrected chi connectivity index (χ4v) is 2.12. The first-order chi connectivity index (χ1) is 10.8. The fourth-order valence-electron chi connectivity index (χ4n) is 2.12. The van der Waals surface area contributed by atoms with E-state index in [1.54, 1.807) is 7.11 Å². The molecule has 0 atom stereocenters. The summed E-state index contributed by atoms with van der Waals surface area (Å²) in [6.45, 7) is 6.00. The number of methoxy groups -OCH3 is 1.